The largest absolute Gasteiger partial charge is 0.349 e. The summed E-state index contributed by atoms with van der Waals surface area (Å²) in [6.07, 6.45) is 2.08. The van der Waals surface area contributed by atoms with E-state index in [0.717, 1.165) is 24.1 Å². The number of hydrogen-bond donors (Lipinski definition) is 3. The summed E-state index contributed by atoms with van der Waals surface area (Å²) in [4.78, 5) is 23.7. The zero-order chi connectivity index (χ0) is 17.6. The second kappa shape index (κ2) is 7.83. The van der Waals surface area contributed by atoms with Crippen LogP contribution in [0.5, 0.6) is 0 Å². The van der Waals surface area contributed by atoms with E-state index in [0.29, 0.717) is 13.0 Å². The molecule has 0 radical (unpaired) electrons. The Bertz CT molecular complexity index is 773. The molecule has 0 aromatic heterocycles. The van der Waals surface area contributed by atoms with Gasteiger partial charge in [-0.1, -0.05) is 42.5 Å². The summed E-state index contributed by atoms with van der Waals surface area (Å²) >= 11 is 0. The molecule has 1 heterocycles. The quantitative estimate of drug-likeness (QED) is 0.783. The minimum Gasteiger partial charge on any atom is -0.349 e. The molecular formula is C20H23N3O2. The van der Waals surface area contributed by atoms with Gasteiger partial charge in [0.05, 0.1) is 6.04 Å². The minimum atomic E-state index is -0.231. The Balaban J connectivity index is 1.56. The van der Waals surface area contributed by atoms with Crippen LogP contribution in [-0.4, -0.2) is 18.5 Å². The van der Waals surface area contributed by atoms with E-state index in [1.54, 1.807) is 0 Å². The molecule has 2 aromatic rings. The van der Waals surface area contributed by atoms with Crippen molar-refractivity contribution in [2.45, 2.75) is 32.2 Å². The van der Waals surface area contributed by atoms with E-state index < -0.39 is 0 Å². The van der Waals surface area contributed by atoms with Crippen molar-refractivity contribution in [2.24, 2.45) is 0 Å². The highest BCUT2D eigenvalue weighted by atomic mass is 16.2. The third kappa shape index (κ3) is 4.38. The lowest BCUT2D eigenvalue weighted by Gasteiger charge is -2.16. The minimum absolute atomic E-state index is 0.0315. The number of aryl methyl sites for hydroxylation is 1. The van der Waals surface area contributed by atoms with Gasteiger partial charge in [-0.15, -0.1) is 0 Å². The lowest BCUT2D eigenvalue weighted by atomic mass is 10.0. The number of anilines is 1. The van der Waals surface area contributed by atoms with Gasteiger partial charge in [0.2, 0.25) is 5.91 Å². The van der Waals surface area contributed by atoms with Crippen molar-refractivity contribution in [2.75, 3.05) is 11.9 Å². The van der Waals surface area contributed by atoms with Crippen LogP contribution in [0.15, 0.2) is 48.5 Å². The van der Waals surface area contributed by atoms with Crippen molar-refractivity contribution in [3.8, 4) is 0 Å². The average molecular weight is 337 g/mol. The molecule has 0 aliphatic carbocycles. The van der Waals surface area contributed by atoms with Gasteiger partial charge in [-0.2, -0.15) is 0 Å². The Hall–Kier alpha value is -2.82. The first-order chi connectivity index (χ1) is 12.1. The molecule has 0 spiro atoms. The van der Waals surface area contributed by atoms with Gasteiger partial charge in [-0.25, -0.2) is 4.79 Å². The van der Waals surface area contributed by atoms with E-state index in [2.05, 4.69) is 35.0 Å². The fourth-order valence-corrected chi connectivity index (χ4v) is 3.13. The van der Waals surface area contributed by atoms with Crippen LogP contribution in [0.4, 0.5) is 10.5 Å². The van der Waals surface area contributed by atoms with Crippen LogP contribution in [0.25, 0.3) is 0 Å². The molecule has 3 rings (SSSR count). The third-order valence-electron chi connectivity index (χ3n) is 4.52. The predicted octanol–water partition coefficient (Wildman–Crippen LogP) is 3.31. The maximum absolute atomic E-state index is 12.2. The lowest BCUT2D eigenvalue weighted by Crippen LogP contribution is -2.31. The Morgan fingerprint density at radius 2 is 1.92 bits per heavy atom. The number of carbonyl (C=O) groups excluding carboxylic acids is 2. The van der Waals surface area contributed by atoms with Gasteiger partial charge in [0, 0.05) is 18.7 Å². The topological polar surface area (TPSA) is 70.2 Å². The summed E-state index contributed by atoms with van der Waals surface area (Å²) in [6, 6.07) is 15.5. The van der Waals surface area contributed by atoms with Crippen LogP contribution in [0.1, 0.15) is 35.6 Å². The SMILES string of the molecule is Cc1ccccc1CCNC(=O)Nc1ccccc1C1CCC(=O)N1. The van der Waals surface area contributed by atoms with Crippen molar-refractivity contribution >= 4 is 17.6 Å². The maximum Gasteiger partial charge on any atom is 0.319 e. The summed E-state index contributed by atoms with van der Waals surface area (Å²) in [5.41, 5.74) is 4.15. The molecule has 130 valence electrons. The molecule has 1 atom stereocenters. The van der Waals surface area contributed by atoms with Crippen molar-refractivity contribution in [1.82, 2.24) is 10.6 Å². The first kappa shape index (κ1) is 17.0. The standard InChI is InChI=1S/C20H23N3O2/c1-14-6-2-3-7-15(14)12-13-21-20(25)23-17-9-5-4-8-16(17)18-10-11-19(24)22-18/h2-9,18H,10-13H2,1H3,(H,22,24)(H2,21,23,25). The fourth-order valence-electron chi connectivity index (χ4n) is 3.13. The Morgan fingerprint density at radius 3 is 2.68 bits per heavy atom. The molecule has 25 heavy (non-hydrogen) atoms. The summed E-state index contributed by atoms with van der Waals surface area (Å²) in [5, 5.41) is 8.74. The molecule has 5 nitrogen and oxygen atoms in total. The van der Waals surface area contributed by atoms with Gasteiger partial charge >= 0.3 is 6.03 Å². The van der Waals surface area contributed by atoms with E-state index in [-0.39, 0.29) is 18.0 Å². The third-order valence-corrected chi connectivity index (χ3v) is 4.52. The highest BCUT2D eigenvalue weighted by Crippen LogP contribution is 2.29. The predicted molar refractivity (Wildman–Crippen MR) is 98.5 cm³/mol. The van der Waals surface area contributed by atoms with Crippen LogP contribution in [0.3, 0.4) is 0 Å². The van der Waals surface area contributed by atoms with Crippen LogP contribution in [-0.2, 0) is 11.2 Å². The van der Waals surface area contributed by atoms with E-state index in [4.69, 9.17) is 0 Å². The van der Waals surface area contributed by atoms with E-state index >= 15 is 0 Å². The van der Waals surface area contributed by atoms with E-state index in [9.17, 15) is 9.59 Å². The van der Waals surface area contributed by atoms with Crippen LogP contribution < -0.4 is 16.0 Å². The molecule has 2 aromatic carbocycles. The van der Waals surface area contributed by atoms with Crippen LogP contribution in [0.2, 0.25) is 0 Å². The highest BCUT2D eigenvalue weighted by Gasteiger charge is 2.24. The summed E-state index contributed by atoms with van der Waals surface area (Å²) < 4.78 is 0. The lowest BCUT2D eigenvalue weighted by molar-refractivity contribution is -0.119. The van der Waals surface area contributed by atoms with Gasteiger partial charge in [0.15, 0.2) is 0 Å². The number of amides is 3. The fraction of sp³-hybridized carbons (Fsp3) is 0.300. The summed E-state index contributed by atoms with van der Waals surface area (Å²) in [7, 11) is 0. The molecule has 0 saturated carbocycles. The van der Waals surface area contributed by atoms with Crippen LogP contribution >= 0.6 is 0 Å². The number of urea groups is 1. The Morgan fingerprint density at radius 1 is 1.16 bits per heavy atom. The van der Waals surface area contributed by atoms with Gasteiger partial charge in [-0.3, -0.25) is 4.79 Å². The van der Waals surface area contributed by atoms with Crippen molar-refractivity contribution in [1.29, 1.82) is 0 Å². The number of carbonyl (C=O) groups is 2. The number of nitrogens with one attached hydrogen (secondary N) is 3. The first-order valence-electron chi connectivity index (χ1n) is 8.61. The van der Waals surface area contributed by atoms with Gasteiger partial charge < -0.3 is 16.0 Å². The molecule has 3 N–H and O–H groups in total. The molecule has 1 aliphatic rings. The summed E-state index contributed by atoms with van der Waals surface area (Å²) in [5.74, 6) is 0.0579. The number of para-hydroxylation sites is 1. The normalized spacial score (nSPS) is 16.4. The maximum atomic E-state index is 12.2. The Labute approximate surface area is 147 Å². The highest BCUT2D eigenvalue weighted by molar-refractivity contribution is 5.90. The number of benzene rings is 2. The van der Waals surface area contributed by atoms with E-state index in [1.807, 2.05) is 36.4 Å². The number of hydrogen-bond acceptors (Lipinski definition) is 2. The van der Waals surface area contributed by atoms with Gasteiger partial charge in [-0.05, 0) is 42.5 Å². The second-order valence-electron chi connectivity index (χ2n) is 6.30. The van der Waals surface area contributed by atoms with Crippen molar-refractivity contribution in [3.05, 3.63) is 65.2 Å². The molecule has 1 unspecified atom stereocenters. The number of rotatable bonds is 5. The smallest absolute Gasteiger partial charge is 0.319 e. The van der Waals surface area contributed by atoms with Crippen molar-refractivity contribution in [3.63, 3.8) is 0 Å². The molecule has 1 aliphatic heterocycles. The molecule has 5 heteroatoms. The molecule has 1 fully saturated rings. The second-order valence-corrected chi connectivity index (χ2v) is 6.30. The van der Waals surface area contributed by atoms with Crippen molar-refractivity contribution < 1.29 is 9.59 Å². The zero-order valence-electron chi connectivity index (χ0n) is 14.3. The zero-order valence-corrected chi connectivity index (χ0v) is 14.3. The van der Waals surface area contributed by atoms with E-state index in [1.165, 1.54) is 11.1 Å². The molecular weight excluding hydrogens is 314 g/mol. The molecule has 0 bridgehead atoms. The Kier molecular flexibility index (Phi) is 5.33. The monoisotopic (exact) mass is 337 g/mol. The molecule has 3 amide bonds. The van der Waals surface area contributed by atoms with Gasteiger partial charge in [0.25, 0.3) is 0 Å². The first-order valence-corrected chi connectivity index (χ1v) is 8.61. The molecule has 1 saturated heterocycles. The van der Waals surface area contributed by atoms with Crippen LogP contribution in [0, 0.1) is 6.92 Å². The van der Waals surface area contributed by atoms with Gasteiger partial charge in [0.1, 0.15) is 0 Å². The summed E-state index contributed by atoms with van der Waals surface area (Å²) in [6.45, 7) is 2.64. The average Bonchev–Trinajstić information content (AvgIpc) is 3.03.